The highest BCUT2D eigenvalue weighted by Crippen LogP contribution is 2.16. The van der Waals surface area contributed by atoms with Gasteiger partial charge in [-0.2, -0.15) is 0 Å². The van der Waals surface area contributed by atoms with Gasteiger partial charge in [0.05, 0.1) is 0 Å². The number of H-pyrrole nitrogens is 1. The van der Waals surface area contributed by atoms with Crippen LogP contribution in [0.15, 0.2) is 11.0 Å². The number of nitrogens with zero attached hydrogens (tertiary/aromatic N) is 2. The Morgan fingerprint density at radius 2 is 2.16 bits per heavy atom. The SMILES string of the molecule is Cc1c[nH]c(CN2CCC[C@H](N(C)C)C2)c(C)c1=O. The Hall–Kier alpha value is -1.13. The lowest BCUT2D eigenvalue weighted by Gasteiger charge is -2.36. The van der Waals surface area contributed by atoms with E-state index in [-0.39, 0.29) is 5.43 Å². The average molecular weight is 263 g/mol. The predicted molar refractivity (Wildman–Crippen MR) is 78.5 cm³/mol. The molecule has 1 aliphatic rings. The van der Waals surface area contributed by atoms with Gasteiger partial charge in [0.15, 0.2) is 5.43 Å². The minimum absolute atomic E-state index is 0.176. The number of rotatable bonds is 3. The summed E-state index contributed by atoms with van der Waals surface area (Å²) in [6.07, 6.45) is 4.34. The lowest BCUT2D eigenvalue weighted by atomic mass is 10.0. The van der Waals surface area contributed by atoms with E-state index in [0.717, 1.165) is 36.5 Å². The number of aromatic amines is 1. The molecule has 1 aromatic rings. The van der Waals surface area contributed by atoms with Crippen molar-refractivity contribution in [2.24, 2.45) is 0 Å². The zero-order valence-corrected chi connectivity index (χ0v) is 12.5. The van der Waals surface area contributed by atoms with Crippen LogP contribution in [0.3, 0.4) is 0 Å². The van der Waals surface area contributed by atoms with Crippen molar-refractivity contribution < 1.29 is 0 Å². The minimum atomic E-state index is 0.176. The number of piperidine rings is 1. The number of pyridine rings is 1. The maximum Gasteiger partial charge on any atom is 0.187 e. The van der Waals surface area contributed by atoms with E-state index >= 15 is 0 Å². The van der Waals surface area contributed by atoms with Gasteiger partial charge in [-0.25, -0.2) is 0 Å². The molecule has 1 fully saturated rings. The number of likely N-dealkylation sites (tertiary alicyclic amines) is 1. The summed E-state index contributed by atoms with van der Waals surface area (Å²) in [6, 6.07) is 0.631. The van der Waals surface area contributed by atoms with E-state index in [1.54, 1.807) is 0 Å². The predicted octanol–water partition coefficient (Wildman–Crippen LogP) is 1.52. The Morgan fingerprint density at radius 3 is 2.84 bits per heavy atom. The van der Waals surface area contributed by atoms with Gasteiger partial charge in [-0.05, 0) is 47.3 Å². The van der Waals surface area contributed by atoms with Crippen LogP contribution in [0.2, 0.25) is 0 Å². The second-order valence-corrected chi connectivity index (χ2v) is 5.90. The summed E-state index contributed by atoms with van der Waals surface area (Å²) < 4.78 is 0. The Balaban J connectivity index is 2.09. The van der Waals surface area contributed by atoms with Gasteiger partial charge in [-0.3, -0.25) is 9.69 Å². The normalized spacial score (nSPS) is 21.0. The summed E-state index contributed by atoms with van der Waals surface area (Å²) in [7, 11) is 4.29. The molecular weight excluding hydrogens is 238 g/mol. The van der Waals surface area contributed by atoms with E-state index in [2.05, 4.69) is 28.9 Å². The topological polar surface area (TPSA) is 39.3 Å². The molecule has 0 aliphatic carbocycles. The van der Waals surface area contributed by atoms with Gasteiger partial charge in [0.1, 0.15) is 0 Å². The summed E-state index contributed by atoms with van der Waals surface area (Å²) in [6.45, 7) is 6.85. The number of aromatic nitrogens is 1. The van der Waals surface area contributed by atoms with Gasteiger partial charge in [-0.15, -0.1) is 0 Å². The molecule has 4 heteroatoms. The van der Waals surface area contributed by atoms with Crippen LogP contribution >= 0.6 is 0 Å². The summed E-state index contributed by atoms with van der Waals surface area (Å²) in [5.41, 5.74) is 2.91. The van der Waals surface area contributed by atoms with E-state index < -0.39 is 0 Å². The van der Waals surface area contributed by atoms with Crippen LogP contribution in [0.25, 0.3) is 0 Å². The number of likely N-dealkylation sites (N-methyl/N-ethyl adjacent to an activating group) is 1. The molecule has 0 radical (unpaired) electrons. The van der Waals surface area contributed by atoms with Crippen molar-refractivity contribution in [1.82, 2.24) is 14.8 Å². The highest BCUT2D eigenvalue weighted by molar-refractivity contribution is 5.23. The molecule has 2 rings (SSSR count). The third kappa shape index (κ3) is 3.25. The molecule has 1 atom stereocenters. The maximum absolute atomic E-state index is 12.0. The smallest absolute Gasteiger partial charge is 0.187 e. The number of aryl methyl sites for hydroxylation is 1. The van der Waals surface area contributed by atoms with Crippen molar-refractivity contribution in [3.05, 3.63) is 33.2 Å². The second kappa shape index (κ2) is 5.88. The molecule has 1 aliphatic heterocycles. The van der Waals surface area contributed by atoms with Gasteiger partial charge in [0.2, 0.25) is 0 Å². The van der Waals surface area contributed by atoms with Crippen LogP contribution < -0.4 is 5.43 Å². The molecule has 0 saturated carbocycles. The summed E-state index contributed by atoms with van der Waals surface area (Å²) in [4.78, 5) is 20.0. The fourth-order valence-corrected chi connectivity index (χ4v) is 2.79. The van der Waals surface area contributed by atoms with Crippen LogP contribution in [0.1, 0.15) is 29.7 Å². The molecule has 2 heterocycles. The molecule has 0 amide bonds. The fourth-order valence-electron chi connectivity index (χ4n) is 2.79. The highest BCUT2D eigenvalue weighted by atomic mass is 16.1. The number of hydrogen-bond donors (Lipinski definition) is 1. The van der Waals surface area contributed by atoms with Gasteiger partial charge >= 0.3 is 0 Å². The quantitative estimate of drug-likeness (QED) is 0.898. The molecule has 1 N–H and O–H groups in total. The molecule has 106 valence electrons. The molecule has 0 aromatic carbocycles. The van der Waals surface area contributed by atoms with Crippen molar-refractivity contribution >= 4 is 0 Å². The molecule has 1 aromatic heterocycles. The second-order valence-electron chi connectivity index (χ2n) is 5.90. The molecule has 0 bridgehead atoms. The van der Waals surface area contributed by atoms with Crippen LogP contribution in [-0.4, -0.2) is 48.0 Å². The first-order chi connectivity index (χ1) is 8.99. The van der Waals surface area contributed by atoms with Crippen LogP contribution in [-0.2, 0) is 6.54 Å². The molecule has 19 heavy (non-hydrogen) atoms. The van der Waals surface area contributed by atoms with Crippen molar-refractivity contribution in [2.75, 3.05) is 27.2 Å². The minimum Gasteiger partial charge on any atom is -0.363 e. The van der Waals surface area contributed by atoms with Crippen LogP contribution in [0, 0.1) is 13.8 Å². The standard InChI is InChI=1S/C15H25N3O/c1-11-8-16-14(12(2)15(11)19)10-18-7-5-6-13(9-18)17(3)4/h8,13H,5-7,9-10H2,1-4H3,(H,16,19)/t13-/m0/s1. The largest absolute Gasteiger partial charge is 0.363 e. The zero-order chi connectivity index (χ0) is 14.0. The zero-order valence-electron chi connectivity index (χ0n) is 12.5. The third-order valence-corrected chi connectivity index (χ3v) is 4.21. The van der Waals surface area contributed by atoms with E-state index in [1.807, 2.05) is 20.0 Å². The molecule has 4 nitrogen and oxygen atoms in total. The van der Waals surface area contributed by atoms with Gasteiger partial charge in [0, 0.05) is 42.1 Å². The Bertz CT molecular complexity index is 493. The molecule has 0 unspecified atom stereocenters. The lowest BCUT2D eigenvalue weighted by molar-refractivity contribution is 0.126. The van der Waals surface area contributed by atoms with Crippen molar-refractivity contribution in [3.8, 4) is 0 Å². The van der Waals surface area contributed by atoms with Gasteiger partial charge in [-0.1, -0.05) is 0 Å². The molecular formula is C15H25N3O. The molecule has 1 saturated heterocycles. The highest BCUT2D eigenvalue weighted by Gasteiger charge is 2.22. The Labute approximate surface area is 115 Å². The van der Waals surface area contributed by atoms with Crippen LogP contribution in [0.5, 0.6) is 0 Å². The first kappa shape index (κ1) is 14.3. The van der Waals surface area contributed by atoms with E-state index in [4.69, 9.17) is 0 Å². The van der Waals surface area contributed by atoms with Crippen molar-refractivity contribution in [3.63, 3.8) is 0 Å². The Morgan fingerprint density at radius 1 is 1.42 bits per heavy atom. The maximum atomic E-state index is 12.0. The first-order valence-corrected chi connectivity index (χ1v) is 7.05. The summed E-state index contributed by atoms with van der Waals surface area (Å²) in [5, 5.41) is 0. The summed E-state index contributed by atoms with van der Waals surface area (Å²) >= 11 is 0. The fraction of sp³-hybridized carbons (Fsp3) is 0.667. The third-order valence-electron chi connectivity index (χ3n) is 4.21. The monoisotopic (exact) mass is 263 g/mol. The number of nitrogens with one attached hydrogen (secondary N) is 1. The van der Waals surface area contributed by atoms with E-state index in [1.165, 1.54) is 12.8 Å². The van der Waals surface area contributed by atoms with Crippen molar-refractivity contribution in [1.29, 1.82) is 0 Å². The van der Waals surface area contributed by atoms with Crippen molar-refractivity contribution in [2.45, 2.75) is 39.3 Å². The average Bonchev–Trinajstić information content (AvgIpc) is 2.40. The first-order valence-electron chi connectivity index (χ1n) is 7.05. The van der Waals surface area contributed by atoms with Crippen LogP contribution in [0.4, 0.5) is 0 Å². The lowest BCUT2D eigenvalue weighted by Crippen LogP contribution is -2.44. The molecule has 0 spiro atoms. The van der Waals surface area contributed by atoms with Gasteiger partial charge < -0.3 is 9.88 Å². The Kier molecular flexibility index (Phi) is 4.42. The summed E-state index contributed by atoms with van der Waals surface area (Å²) in [5.74, 6) is 0. The van der Waals surface area contributed by atoms with E-state index in [9.17, 15) is 4.79 Å². The number of hydrogen-bond acceptors (Lipinski definition) is 3. The van der Waals surface area contributed by atoms with E-state index in [0.29, 0.717) is 6.04 Å². The van der Waals surface area contributed by atoms with Gasteiger partial charge in [0.25, 0.3) is 0 Å².